The smallest absolute Gasteiger partial charge is 0.233 e. The Labute approximate surface area is 198 Å². The number of H-pyrrole nitrogens is 1. The van der Waals surface area contributed by atoms with Gasteiger partial charge in [-0.1, -0.05) is 26.0 Å². The summed E-state index contributed by atoms with van der Waals surface area (Å²) < 4.78 is 6.01. The topological polar surface area (TPSA) is 130 Å². The number of aryl methyl sites for hydroxylation is 1. The molecule has 1 aliphatic rings. The highest BCUT2D eigenvalue weighted by Gasteiger charge is 2.29. The van der Waals surface area contributed by atoms with E-state index in [2.05, 4.69) is 39.6 Å². The molecule has 1 saturated carbocycles. The van der Waals surface area contributed by atoms with Crippen molar-refractivity contribution in [1.29, 1.82) is 0 Å². The van der Waals surface area contributed by atoms with Gasteiger partial charge in [-0.25, -0.2) is 0 Å². The molecule has 1 aromatic carbocycles. The number of rotatable bonds is 9. The fraction of sp³-hybridized carbons (Fsp3) is 0.400. The van der Waals surface area contributed by atoms with Gasteiger partial charge in [-0.3, -0.25) is 14.7 Å². The number of aromatic hydroxyl groups is 1. The zero-order valence-electron chi connectivity index (χ0n) is 19.3. The van der Waals surface area contributed by atoms with E-state index in [1.807, 2.05) is 18.2 Å². The number of anilines is 1. The van der Waals surface area contributed by atoms with Crippen molar-refractivity contribution in [1.82, 2.24) is 20.4 Å². The second kappa shape index (κ2) is 10.5. The average Bonchev–Trinajstić information content (AvgIpc) is 3.47. The van der Waals surface area contributed by atoms with Gasteiger partial charge < -0.3 is 15.2 Å². The Morgan fingerprint density at radius 1 is 1.26 bits per heavy atom. The molecule has 9 heteroatoms. The van der Waals surface area contributed by atoms with Crippen LogP contribution >= 0.6 is 0 Å². The Bertz CT molecular complexity index is 1140. The van der Waals surface area contributed by atoms with E-state index in [1.54, 1.807) is 12.1 Å². The van der Waals surface area contributed by atoms with Crippen LogP contribution in [0.4, 0.5) is 5.82 Å². The molecule has 2 atom stereocenters. The SMILES string of the molecule is CC(C)c1ccc(O[C@@H]2CC[C@H](c3cc(NC(=O)CCc4cccc(O)c4C=O)n[nH]3)C2)nn1. The molecule has 3 aromatic rings. The molecule has 1 amide bonds. The zero-order valence-corrected chi connectivity index (χ0v) is 19.3. The van der Waals surface area contributed by atoms with E-state index in [4.69, 9.17) is 4.74 Å². The first-order valence-corrected chi connectivity index (χ1v) is 11.5. The number of amides is 1. The van der Waals surface area contributed by atoms with Gasteiger partial charge in [0.2, 0.25) is 11.8 Å². The third-order valence-corrected chi connectivity index (χ3v) is 6.14. The number of hydrogen-bond donors (Lipinski definition) is 3. The number of phenolic OH excluding ortho intramolecular Hbond substituents is 1. The van der Waals surface area contributed by atoms with E-state index < -0.39 is 0 Å². The Hall–Kier alpha value is -3.75. The standard InChI is InChI=1S/C25H29N5O4/c1-15(2)20-9-11-25(30-27-20)34-18-8-6-17(12-18)21-13-23(29-28-21)26-24(33)10-7-16-4-3-5-22(32)19(16)14-31/h3-5,9,11,13-15,17-18,32H,6-8,10,12H2,1-2H3,(H2,26,28,29,33)/t17-,18+/m0/s1. The molecular formula is C25H29N5O4. The van der Waals surface area contributed by atoms with Crippen molar-refractivity contribution in [2.75, 3.05) is 5.32 Å². The highest BCUT2D eigenvalue weighted by Crippen LogP contribution is 2.36. The van der Waals surface area contributed by atoms with Gasteiger partial charge in [0.15, 0.2) is 12.1 Å². The van der Waals surface area contributed by atoms with E-state index in [1.165, 1.54) is 6.07 Å². The van der Waals surface area contributed by atoms with Crippen LogP contribution in [0.3, 0.4) is 0 Å². The molecule has 2 aromatic heterocycles. The summed E-state index contributed by atoms with van der Waals surface area (Å²) in [6.07, 6.45) is 3.85. The van der Waals surface area contributed by atoms with Crippen LogP contribution in [0.1, 0.15) is 78.7 Å². The van der Waals surface area contributed by atoms with Gasteiger partial charge in [0.1, 0.15) is 11.9 Å². The molecule has 4 rings (SSSR count). The van der Waals surface area contributed by atoms with Crippen LogP contribution in [0.15, 0.2) is 36.4 Å². The average molecular weight is 464 g/mol. The fourth-order valence-electron chi connectivity index (χ4n) is 4.22. The maximum absolute atomic E-state index is 12.4. The molecular weight excluding hydrogens is 434 g/mol. The number of ether oxygens (including phenoxy) is 1. The van der Waals surface area contributed by atoms with Crippen LogP contribution in [0.25, 0.3) is 0 Å². The first kappa shape index (κ1) is 23.4. The second-order valence-corrected chi connectivity index (χ2v) is 8.93. The molecule has 3 N–H and O–H groups in total. The first-order chi connectivity index (χ1) is 16.4. The number of nitrogens with zero attached hydrogens (tertiary/aromatic N) is 3. The van der Waals surface area contributed by atoms with Crippen molar-refractivity contribution in [2.24, 2.45) is 0 Å². The van der Waals surface area contributed by atoms with Gasteiger partial charge >= 0.3 is 0 Å². The van der Waals surface area contributed by atoms with E-state index in [-0.39, 0.29) is 35.7 Å². The van der Waals surface area contributed by atoms with E-state index in [0.717, 1.165) is 30.7 Å². The van der Waals surface area contributed by atoms with Gasteiger partial charge in [0, 0.05) is 30.2 Å². The fourth-order valence-corrected chi connectivity index (χ4v) is 4.22. The minimum atomic E-state index is -0.214. The number of carbonyl (C=O) groups excluding carboxylic acids is 2. The van der Waals surface area contributed by atoms with Crippen LogP contribution in [0.2, 0.25) is 0 Å². The largest absolute Gasteiger partial charge is 0.507 e. The third-order valence-electron chi connectivity index (χ3n) is 6.14. The van der Waals surface area contributed by atoms with E-state index in [0.29, 0.717) is 35.9 Å². The monoisotopic (exact) mass is 463 g/mol. The maximum Gasteiger partial charge on any atom is 0.233 e. The van der Waals surface area contributed by atoms with E-state index >= 15 is 0 Å². The Kier molecular flexibility index (Phi) is 7.20. The highest BCUT2D eigenvalue weighted by molar-refractivity contribution is 5.90. The van der Waals surface area contributed by atoms with Crippen LogP contribution in [0.5, 0.6) is 11.6 Å². The molecule has 0 aliphatic heterocycles. The van der Waals surface area contributed by atoms with E-state index in [9.17, 15) is 14.7 Å². The molecule has 0 saturated heterocycles. The Morgan fingerprint density at radius 3 is 2.85 bits per heavy atom. The lowest BCUT2D eigenvalue weighted by Gasteiger charge is -2.13. The molecule has 0 bridgehead atoms. The molecule has 178 valence electrons. The quantitative estimate of drug-likeness (QED) is 0.407. The Morgan fingerprint density at radius 2 is 2.12 bits per heavy atom. The Balaban J connectivity index is 1.27. The summed E-state index contributed by atoms with van der Waals surface area (Å²) >= 11 is 0. The molecule has 0 spiro atoms. The highest BCUT2D eigenvalue weighted by atomic mass is 16.5. The number of aromatic amines is 1. The van der Waals surface area contributed by atoms with Crippen LogP contribution < -0.4 is 10.1 Å². The van der Waals surface area contributed by atoms with Gasteiger partial charge in [0.05, 0.1) is 11.3 Å². The summed E-state index contributed by atoms with van der Waals surface area (Å²) in [4.78, 5) is 23.6. The number of aldehydes is 1. The lowest BCUT2D eigenvalue weighted by molar-refractivity contribution is -0.116. The van der Waals surface area contributed by atoms with Gasteiger partial charge in [-0.2, -0.15) is 10.2 Å². The number of benzene rings is 1. The normalized spacial score (nSPS) is 17.6. The van der Waals surface area contributed by atoms with Crippen molar-refractivity contribution in [3.63, 3.8) is 0 Å². The van der Waals surface area contributed by atoms with Crippen molar-refractivity contribution in [2.45, 2.75) is 63.9 Å². The van der Waals surface area contributed by atoms with Gasteiger partial charge in [-0.15, -0.1) is 5.10 Å². The molecule has 1 aliphatic carbocycles. The minimum Gasteiger partial charge on any atom is -0.507 e. The molecule has 0 radical (unpaired) electrons. The predicted molar refractivity (Wildman–Crippen MR) is 126 cm³/mol. The lowest BCUT2D eigenvalue weighted by atomic mass is 10.0. The van der Waals surface area contributed by atoms with Crippen LogP contribution in [-0.2, 0) is 11.2 Å². The minimum absolute atomic E-state index is 0.0554. The van der Waals surface area contributed by atoms with Crippen molar-refractivity contribution in [3.8, 4) is 11.6 Å². The number of aromatic nitrogens is 4. The summed E-state index contributed by atoms with van der Waals surface area (Å²) in [6, 6.07) is 10.5. The molecule has 0 unspecified atom stereocenters. The van der Waals surface area contributed by atoms with Gasteiger partial charge in [0.25, 0.3) is 0 Å². The molecule has 34 heavy (non-hydrogen) atoms. The van der Waals surface area contributed by atoms with Gasteiger partial charge in [-0.05, 0) is 49.3 Å². The zero-order chi connectivity index (χ0) is 24.1. The lowest BCUT2D eigenvalue weighted by Crippen LogP contribution is -2.13. The van der Waals surface area contributed by atoms with Crippen LogP contribution in [-0.4, -0.2) is 43.8 Å². The number of nitrogens with one attached hydrogen (secondary N) is 2. The number of phenols is 1. The second-order valence-electron chi connectivity index (χ2n) is 8.93. The summed E-state index contributed by atoms with van der Waals surface area (Å²) in [7, 11) is 0. The summed E-state index contributed by atoms with van der Waals surface area (Å²) in [5.41, 5.74) is 2.75. The third kappa shape index (κ3) is 5.59. The first-order valence-electron chi connectivity index (χ1n) is 11.5. The molecule has 9 nitrogen and oxygen atoms in total. The van der Waals surface area contributed by atoms with Crippen LogP contribution in [0, 0.1) is 0 Å². The summed E-state index contributed by atoms with van der Waals surface area (Å²) in [5.74, 6) is 1.29. The maximum atomic E-state index is 12.4. The predicted octanol–water partition coefficient (Wildman–Crippen LogP) is 4.13. The van der Waals surface area contributed by atoms with Crippen molar-refractivity contribution in [3.05, 3.63) is 58.9 Å². The number of hydrogen-bond acceptors (Lipinski definition) is 7. The molecule has 2 heterocycles. The summed E-state index contributed by atoms with van der Waals surface area (Å²) in [6.45, 7) is 4.15. The number of carbonyl (C=O) groups is 2. The molecule has 1 fully saturated rings. The summed E-state index contributed by atoms with van der Waals surface area (Å²) in [5, 5.41) is 28.2. The van der Waals surface area contributed by atoms with Crippen molar-refractivity contribution >= 4 is 18.0 Å². The van der Waals surface area contributed by atoms with Crippen molar-refractivity contribution < 1.29 is 19.4 Å².